The fourth-order valence-corrected chi connectivity index (χ4v) is 1.52. The smallest absolute Gasteiger partial charge is 0.341 e. The van der Waals surface area contributed by atoms with E-state index in [0.29, 0.717) is 11.3 Å². The number of methoxy groups -OCH3 is 2. The molecule has 0 spiro atoms. The third-order valence-corrected chi connectivity index (χ3v) is 2.83. The van der Waals surface area contributed by atoms with Gasteiger partial charge in [-0.15, -0.1) is 0 Å². The fourth-order valence-electron chi connectivity index (χ4n) is 1.19. The molecule has 76 valence electrons. The molecule has 0 amide bonds. The molecule has 0 aliphatic carbocycles. The number of halogens is 1. The Kier molecular flexibility index (Phi) is 3.52. The number of carbonyl (C=O) groups is 1. The number of carbonyl (C=O) groups excluding carboxylic acids is 1. The van der Waals surface area contributed by atoms with Gasteiger partial charge in [0.2, 0.25) is 0 Å². The van der Waals surface area contributed by atoms with Gasteiger partial charge < -0.3 is 9.47 Å². The zero-order valence-electron chi connectivity index (χ0n) is 8.26. The molecule has 0 fully saturated rings. The summed E-state index contributed by atoms with van der Waals surface area (Å²) in [6.45, 7) is 1.83. The molecule has 3 nitrogen and oxygen atoms in total. The fraction of sp³-hybridized carbons (Fsp3) is 0.300. The number of hydrogen-bond acceptors (Lipinski definition) is 3. The second kappa shape index (κ2) is 4.46. The van der Waals surface area contributed by atoms with E-state index in [4.69, 9.17) is 4.74 Å². The Morgan fingerprint density at radius 1 is 1.36 bits per heavy atom. The van der Waals surface area contributed by atoms with Gasteiger partial charge in [-0.3, -0.25) is 0 Å². The van der Waals surface area contributed by atoms with Gasteiger partial charge in [-0.2, -0.15) is 0 Å². The van der Waals surface area contributed by atoms with Crippen LogP contribution < -0.4 is 4.74 Å². The normalized spacial score (nSPS) is 9.71. The second-order valence-electron chi connectivity index (χ2n) is 2.74. The number of rotatable bonds is 2. The highest BCUT2D eigenvalue weighted by molar-refractivity contribution is 9.10. The van der Waals surface area contributed by atoms with Crippen LogP contribution in [0.4, 0.5) is 0 Å². The highest BCUT2D eigenvalue weighted by Crippen LogP contribution is 2.28. The third kappa shape index (κ3) is 1.90. The summed E-state index contributed by atoms with van der Waals surface area (Å²) in [7, 11) is 2.87. The number of esters is 1. The summed E-state index contributed by atoms with van der Waals surface area (Å²) in [4.78, 5) is 11.4. The average Bonchev–Trinajstić information content (AvgIpc) is 2.20. The van der Waals surface area contributed by atoms with Gasteiger partial charge in [0.1, 0.15) is 11.3 Å². The molecule has 1 rings (SSSR count). The summed E-state index contributed by atoms with van der Waals surface area (Å²) in [5.41, 5.74) is 1.28. The van der Waals surface area contributed by atoms with Gasteiger partial charge in [0.25, 0.3) is 0 Å². The van der Waals surface area contributed by atoms with Crippen LogP contribution in [0.5, 0.6) is 5.75 Å². The van der Waals surface area contributed by atoms with Crippen molar-refractivity contribution >= 4 is 21.9 Å². The van der Waals surface area contributed by atoms with Crippen molar-refractivity contribution in [2.75, 3.05) is 14.2 Å². The number of benzene rings is 1. The van der Waals surface area contributed by atoms with Crippen molar-refractivity contribution in [2.24, 2.45) is 0 Å². The molecule has 0 N–H and O–H groups in total. The van der Waals surface area contributed by atoms with Crippen molar-refractivity contribution in [2.45, 2.75) is 6.92 Å². The van der Waals surface area contributed by atoms with Crippen molar-refractivity contribution in [1.29, 1.82) is 0 Å². The Balaban J connectivity index is 3.35. The molecule has 0 radical (unpaired) electrons. The molecular weight excluding hydrogens is 248 g/mol. The molecular formula is C10H11BrO3. The molecule has 1 aromatic carbocycles. The standard InChI is InChI=1S/C10H11BrO3/c1-6-7(11)4-5-8(13-2)9(6)10(12)14-3/h4-5H,1-3H3. The van der Waals surface area contributed by atoms with Crippen LogP contribution in [0, 0.1) is 6.92 Å². The van der Waals surface area contributed by atoms with E-state index in [1.165, 1.54) is 14.2 Å². The van der Waals surface area contributed by atoms with E-state index in [0.717, 1.165) is 10.0 Å². The van der Waals surface area contributed by atoms with Crippen molar-refractivity contribution < 1.29 is 14.3 Å². The molecule has 0 atom stereocenters. The SMILES string of the molecule is COC(=O)c1c(OC)ccc(Br)c1C. The van der Waals surface area contributed by atoms with Crippen LogP contribution >= 0.6 is 15.9 Å². The van der Waals surface area contributed by atoms with Crippen molar-refractivity contribution in [1.82, 2.24) is 0 Å². The summed E-state index contributed by atoms with van der Waals surface area (Å²) in [6, 6.07) is 3.56. The monoisotopic (exact) mass is 258 g/mol. The molecule has 0 heterocycles. The van der Waals surface area contributed by atoms with Crippen LogP contribution in [0.15, 0.2) is 16.6 Å². The van der Waals surface area contributed by atoms with Gasteiger partial charge in [-0.05, 0) is 24.6 Å². The van der Waals surface area contributed by atoms with Crippen LogP contribution in [0.2, 0.25) is 0 Å². The lowest BCUT2D eigenvalue weighted by atomic mass is 10.1. The highest BCUT2D eigenvalue weighted by Gasteiger charge is 2.17. The van der Waals surface area contributed by atoms with E-state index in [-0.39, 0.29) is 5.97 Å². The summed E-state index contributed by atoms with van der Waals surface area (Å²) < 4.78 is 10.6. The molecule has 0 saturated carbocycles. The lowest BCUT2D eigenvalue weighted by Gasteiger charge is -2.10. The van der Waals surface area contributed by atoms with Gasteiger partial charge in [0, 0.05) is 4.47 Å². The maximum Gasteiger partial charge on any atom is 0.341 e. The third-order valence-electron chi connectivity index (χ3n) is 1.97. The Bertz CT molecular complexity index is 361. The minimum Gasteiger partial charge on any atom is -0.496 e. The Hall–Kier alpha value is -1.03. The van der Waals surface area contributed by atoms with Gasteiger partial charge in [0.05, 0.1) is 14.2 Å². The van der Waals surface area contributed by atoms with E-state index in [1.807, 2.05) is 13.0 Å². The number of ether oxygens (including phenoxy) is 2. The van der Waals surface area contributed by atoms with E-state index in [1.54, 1.807) is 6.07 Å². The maximum atomic E-state index is 11.4. The largest absolute Gasteiger partial charge is 0.496 e. The first kappa shape index (κ1) is 11.0. The summed E-state index contributed by atoms with van der Waals surface area (Å²) in [5.74, 6) is 0.137. The maximum absolute atomic E-state index is 11.4. The van der Waals surface area contributed by atoms with Crippen LogP contribution in [0.1, 0.15) is 15.9 Å². The molecule has 0 bridgehead atoms. The van der Waals surface area contributed by atoms with Crippen LogP contribution in [0.25, 0.3) is 0 Å². The molecule has 1 aromatic rings. The first-order valence-electron chi connectivity index (χ1n) is 4.03. The predicted molar refractivity (Wildman–Crippen MR) is 56.8 cm³/mol. The number of hydrogen-bond donors (Lipinski definition) is 0. The van der Waals surface area contributed by atoms with Crippen molar-refractivity contribution in [3.63, 3.8) is 0 Å². The highest BCUT2D eigenvalue weighted by atomic mass is 79.9. The minimum atomic E-state index is -0.388. The first-order chi connectivity index (χ1) is 6.61. The summed E-state index contributed by atoms with van der Waals surface area (Å²) >= 11 is 3.34. The van der Waals surface area contributed by atoms with E-state index in [2.05, 4.69) is 20.7 Å². The molecule has 0 aliphatic heterocycles. The van der Waals surface area contributed by atoms with Crippen molar-refractivity contribution in [3.05, 3.63) is 27.7 Å². The van der Waals surface area contributed by atoms with Crippen LogP contribution in [-0.4, -0.2) is 20.2 Å². The van der Waals surface area contributed by atoms with E-state index in [9.17, 15) is 4.79 Å². The van der Waals surface area contributed by atoms with Crippen LogP contribution in [-0.2, 0) is 4.74 Å². The molecule has 0 saturated heterocycles. The van der Waals surface area contributed by atoms with Gasteiger partial charge in [0.15, 0.2) is 0 Å². The molecule has 4 heteroatoms. The zero-order valence-corrected chi connectivity index (χ0v) is 9.84. The van der Waals surface area contributed by atoms with E-state index < -0.39 is 0 Å². The quantitative estimate of drug-likeness (QED) is 0.765. The van der Waals surface area contributed by atoms with Gasteiger partial charge in [-0.25, -0.2) is 4.79 Å². The zero-order chi connectivity index (χ0) is 10.7. The minimum absolute atomic E-state index is 0.388. The summed E-state index contributed by atoms with van der Waals surface area (Å²) in [5, 5.41) is 0. The van der Waals surface area contributed by atoms with Gasteiger partial charge in [-0.1, -0.05) is 15.9 Å². The lowest BCUT2D eigenvalue weighted by Crippen LogP contribution is -2.06. The second-order valence-corrected chi connectivity index (χ2v) is 3.60. The Morgan fingerprint density at radius 3 is 2.50 bits per heavy atom. The Morgan fingerprint density at radius 2 is 2.00 bits per heavy atom. The van der Waals surface area contributed by atoms with E-state index >= 15 is 0 Å². The lowest BCUT2D eigenvalue weighted by molar-refractivity contribution is 0.0596. The molecule has 14 heavy (non-hydrogen) atoms. The molecule has 0 aliphatic rings. The molecule has 0 aromatic heterocycles. The summed E-state index contributed by atoms with van der Waals surface area (Å²) in [6.07, 6.45) is 0. The van der Waals surface area contributed by atoms with Crippen molar-refractivity contribution in [3.8, 4) is 5.75 Å². The van der Waals surface area contributed by atoms with Crippen LogP contribution in [0.3, 0.4) is 0 Å². The average molecular weight is 259 g/mol. The first-order valence-corrected chi connectivity index (χ1v) is 4.82. The van der Waals surface area contributed by atoms with Gasteiger partial charge >= 0.3 is 5.97 Å². The topological polar surface area (TPSA) is 35.5 Å². The molecule has 0 unspecified atom stereocenters. The predicted octanol–water partition coefficient (Wildman–Crippen LogP) is 2.55. The Labute approximate surface area is 91.1 Å².